The Morgan fingerprint density at radius 1 is 0.765 bits per heavy atom. The molecule has 0 bridgehead atoms. The van der Waals surface area contributed by atoms with Gasteiger partial charge in [-0.2, -0.15) is 0 Å². The molecule has 0 heterocycles. The maximum absolute atomic E-state index is 14.5. The Morgan fingerprint density at radius 2 is 1.54 bits per heavy atom. The Morgan fingerprint density at radius 3 is 2.32 bits per heavy atom. The Labute approximate surface area is 397 Å². The molecule has 4 aliphatic carbocycles. The second-order valence-corrected chi connectivity index (χ2v) is 19.4. The highest BCUT2D eigenvalue weighted by Gasteiger charge is 2.63. The fourth-order valence-corrected chi connectivity index (χ4v) is 13.1. The number of hydrogen-bond acceptors (Lipinski definition) is 10. The van der Waals surface area contributed by atoms with Crippen molar-refractivity contribution < 1.29 is 43.9 Å². The van der Waals surface area contributed by atoms with Crippen LogP contribution >= 0.6 is 0 Å². The third-order valence-corrected chi connectivity index (χ3v) is 15.6. The number of phenols is 3. The minimum absolute atomic E-state index is 0.00566. The van der Waals surface area contributed by atoms with Crippen molar-refractivity contribution in [1.82, 2.24) is 5.32 Å². The number of nitrogens with one attached hydrogen (secondary N) is 1. The van der Waals surface area contributed by atoms with Crippen LogP contribution in [0.15, 0.2) is 115 Å². The minimum Gasteiger partial charge on any atom is -0.508 e. The molecule has 10 heteroatoms. The Kier molecular flexibility index (Phi) is 12.2. The van der Waals surface area contributed by atoms with E-state index in [1.54, 1.807) is 26.4 Å². The fourth-order valence-electron chi connectivity index (χ4n) is 13.1. The molecular weight excluding hydrogens is 855 g/mol. The molecule has 350 valence electrons. The molecule has 0 radical (unpaired) electrons. The van der Waals surface area contributed by atoms with Gasteiger partial charge >= 0.3 is 11.9 Å². The first-order valence-electron chi connectivity index (χ1n) is 23.9. The lowest BCUT2D eigenvalue weighted by atomic mass is 9.40. The number of allylic oxidation sites excluding steroid dienone is 1. The minimum atomic E-state index is -0.640. The van der Waals surface area contributed by atoms with Crippen LogP contribution in [0.1, 0.15) is 83.4 Å². The SMILES string of the molecule is CNCc1cccc(-c2cc(O)cc3ccc(CC(=O)OC4CC(OC(C)=O)C5Cc6cc(OC)c(O)cc6C6CCC7Cc8cc(O)c(OC)cc8C(C4)C7C65C=Cc4ccccc4)cc23)c1. The summed E-state index contributed by atoms with van der Waals surface area (Å²) in [6, 6.07) is 35.5. The van der Waals surface area contributed by atoms with Gasteiger partial charge in [0.05, 0.1) is 20.6 Å². The third kappa shape index (κ3) is 8.23. The van der Waals surface area contributed by atoms with Crippen molar-refractivity contribution in [2.24, 2.45) is 23.2 Å². The van der Waals surface area contributed by atoms with Crippen molar-refractivity contribution >= 4 is 28.8 Å². The quantitative estimate of drug-likeness (QED) is 0.0928. The van der Waals surface area contributed by atoms with Gasteiger partial charge in [-0.1, -0.05) is 72.8 Å². The highest BCUT2D eigenvalue weighted by atomic mass is 16.6. The maximum Gasteiger partial charge on any atom is 0.310 e. The van der Waals surface area contributed by atoms with E-state index < -0.39 is 29.6 Å². The number of carbonyl (C=O) groups excluding carboxylic acids is 2. The van der Waals surface area contributed by atoms with Gasteiger partial charge in [0.1, 0.15) is 18.0 Å². The molecule has 6 aromatic rings. The largest absolute Gasteiger partial charge is 0.508 e. The van der Waals surface area contributed by atoms with Crippen LogP contribution in [0, 0.1) is 23.2 Å². The van der Waals surface area contributed by atoms with Gasteiger partial charge in [0.15, 0.2) is 23.0 Å². The summed E-state index contributed by atoms with van der Waals surface area (Å²) in [4.78, 5) is 27.9. The lowest BCUT2D eigenvalue weighted by Gasteiger charge is -2.64. The standard InChI is InChI=1S/C58H59NO9/c1-33(60)67-53-29-43(68-56(64)21-35-13-14-38-23-42(61)27-45(44(38)20-35)37-12-8-11-36(19-37)32-59-2)28-48-46-31-55(66-4)51(62)25-40(46)22-39-15-16-49-47-30-52(63)54(65-3)26-41(47)24-50(53)58(49,57(39)48)18-17-34-9-6-5-7-10-34/h5-14,17-20,23,25-27,30-31,39,43,48-50,53,57,59,61-63H,15-16,21-22,24,28-29,32H2,1-4H3. The average Bonchev–Trinajstić information content (AvgIpc) is 3.32. The van der Waals surface area contributed by atoms with Crippen molar-refractivity contribution in [3.05, 3.63) is 154 Å². The van der Waals surface area contributed by atoms with E-state index in [1.807, 2.05) is 79.8 Å². The first kappa shape index (κ1) is 45.0. The number of rotatable bonds is 11. The highest BCUT2D eigenvalue weighted by Crippen LogP contribution is 2.69. The second-order valence-electron chi connectivity index (χ2n) is 19.4. The molecule has 4 N–H and O–H groups in total. The predicted molar refractivity (Wildman–Crippen MR) is 262 cm³/mol. The van der Waals surface area contributed by atoms with E-state index in [0.29, 0.717) is 30.9 Å². The molecule has 0 aliphatic heterocycles. The molecule has 0 spiro atoms. The van der Waals surface area contributed by atoms with Crippen LogP contribution in [0.25, 0.3) is 28.0 Å². The molecule has 10 rings (SSSR count). The van der Waals surface area contributed by atoms with Gasteiger partial charge < -0.3 is 39.6 Å². The number of methoxy groups -OCH3 is 2. The predicted octanol–water partition coefficient (Wildman–Crippen LogP) is 10.6. The lowest BCUT2D eigenvalue weighted by Crippen LogP contribution is -2.59. The van der Waals surface area contributed by atoms with Gasteiger partial charge in [0, 0.05) is 31.2 Å². The van der Waals surface area contributed by atoms with Gasteiger partial charge in [-0.05, 0) is 172 Å². The van der Waals surface area contributed by atoms with Gasteiger partial charge in [0.2, 0.25) is 0 Å². The summed E-state index contributed by atoms with van der Waals surface area (Å²) in [6.07, 6.45) is 7.08. The molecule has 4 aliphatic rings. The maximum atomic E-state index is 14.5. The van der Waals surface area contributed by atoms with E-state index in [0.717, 1.165) is 80.1 Å². The van der Waals surface area contributed by atoms with Crippen molar-refractivity contribution in [2.45, 2.75) is 82.5 Å². The Hall–Kier alpha value is -6.78. The average molecular weight is 914 g/mol. The van der Waals surface area contributed by atoms with Crippen LogP contribution in [0.5, 0.6) is 28.7 Å². The summed E-state index contributed by atoms with van der Waals surface area (Å²) in [6.45, 7) is 2.15. The first-order chi connectivity index (χ1) is 33.0. The highest BCUT2D eigenvalue weighted by molar-refractivity contribution is 5.98. The van der Waals surface area contributed by atoms with Crippen LogP contribution in [0.2, 0.25) is 0 Å². The van der Waals surface area contributed by atoms with Crippen molar-refractivity contribution in [3.8, 4) is 39.9 Å². The number of hydrogen-bond donors (Lipinski definition) is 4. The lowest BCUT2D eigenvalue weighted by molar-refractivity contribution is -0.169. The van der Waals surface area contributed by atoms with E-state index >= 15 is 0 Å². The zero-order valence-electron chi connectivity index (χ0n) is 39.0. The van der Waals surface area contributed by atoms with Crippen molar-refractivity contribution in [1.29, 1.82) is 0 Å². The smallest absolute Gasteiger partial charge is 0.310 e. The van der Waals surface area contributed by atoms with Gasteiger partial charge in [-0.25, -0.2) is 0 Å². The molecule has 6 aromatic carbocycles. The summed E-state index contributed by atoms with van der Waals surface area (Å²) in [5, 5.41) is 38.3. The number of aromatic hydroxyl groups is 3. The van der Waals surface area contributed by atoms with E-state index in [4.69, 9.17) is 18.9 Å². The zero-order chi connectivity index (χ0) is 47.3. The van der Waals surface area contributed by atoms with Gasteiger partial charge in [-0.3, -0.25) is 9.59 Å². The second kappa shape index (κ2) is 18.4. The van der Waals surface area contributed by atoms with E-state index in [9.17, 15) is 24.9 Å². The van der Waals surface area contributed by atoms with Gasteiger partial charge in [0.25, 0.3) is 0 Å². The summed E-state index contributed by atoms with van der Waals surface area (Å²) in [5.74, 6) is 0.0170. The number of esters is 2. The van der Waals surface area contributed by atoms with Crippen LogP contribution in [0.4, 0.5) is 0 Å². The summed E-state index contributed by atoms with van der Waals surface area (Å²) in [7, 11) is 5.03. The molecule has 10 nitrogen and oxygen atoms in total. The van der Waals surface area contributed by atoms with Crippen molar-refractivity contribution in [2.75, 3.05) is 21.3 Å². The van der Waals surface area contributed by atoms with Crippen LogP contribution in [0.3, 0.4) is 0 Å². The number of carbonyl (C=O) groups is 2. The molecule has 8 atom stereocenters. The number of fused-ring (bicyclic) bond motifs is 5. The van der Waals surface area contributed by atoms with E-state index in [1.165, 1.54) is 6.92 Å². The molecule has 2 fully saturated rings. The Bertz CT molecular complexity index is 2930. The van der Waals surface area contributed by atoms with E-state index in [-0.39, 0.29) is 59.7 Å². The first-order valence-corrected chi connectivity index (χ1v) is 23.9. The molecular formula is C58H59NO9. The van der Waals surface area contributed by atoms with Crippen LogP contribution in [-0.2, 0) is 44.9 Å². The number of ether oxygens (including phenoxy) is 4. The van der Waals surface area contributed by atoms with Crippen LogP contribution < -0.4 is 14.8 Å². The normalized spacial score (nSPS) is 24.7. The fraction of sp³-hybridized carbons (Fsp3) is 0.345. The number of phenolic OH excluding ortho intramolecular Hbond substituents is 3. The molecule has 2 saturated carbocycles. The molecule has 8 unspecified atom stereocenters. The molecule has 0 aromatic heterocycles. The summed E-state index contributed by atoms with van der Waals surface area (Å²) >= 11 is 0. The summed E-state index contributed by atoms with van der Waals surface area (Å²) < 4.78 is 24.7. The Balaban J connectivity index is 1.09. The van der Waals surface area contributed by atoms with Crippen LogP contribution in [-0.4, -0.2) is 60.7 Å². The molecule has 68 heavy (non-hydrogen) atoms. The van der Waals surface area contributed by atoms with E-state index in [2.05, 4.69) is 41.7 Å². The third-order valence-electron chi connectivity index (χ3n) is 15.6. The monoisotopic (exact) mass is 913 g/mol. The molecule has 0 saturated heterocycles. The topological polar surface area (TPSA) is 144 Å². The molecule has 0 amide bonds. The number of benzene rings is 6. The van der Waals surface area contributed by atoms with Crippen molar-refractivity contribution in [3.63, 3.8) is 0 Å². The zero-order valence-corrected chi connectivity index (χ0v) is 39.0. The summed E-state index contributed by atoms with van der Waals surface area (Å²) in [5.41, 5.74) is 8.41. The van der Waals surface area contributed by atoms with Gasteiger partial charge in [-0.15, -0.1) is 0 Å².